The molecule has 2 heterocycles. The molecule has 0 aliphatic heterocycles. The van der Waals surface area contributed by atoms with Crippen LogP contribution in [0.15, 0.2) is 101 Å². The van der Waals surface area contributed by atoms with E-state index in [9.17, 15) is 9.59 Å². The normalized spacial score (nSPS) is 16.7. The summed E-state index contributed by atoms with van der Waals surface area (Å²) in [5, 5.41) is 12.1. The fourth-order valence-corrected chi connectivity index (χ4v) is 5.19. The fourth-order valence-electron chi connectivity index (χ4n) is 5.19. The highest BCUT2D eigenvalue weighted by Crippen LogP contribution is 2.31. The molecule has 0 saturated heterocycles. The van der Waals surface area contributed by atoms with Gasteiger partial charge >= 0.3 is 6.03 Å². The smallest absolute Gasteiger partial charge is 0.322 e. The number of carbonyl (C=O) groups excluding carboxylic acids is 1. The van der Waals surface area contributed by atoms with Crippen LogP contribution in [0.5, 0.6) is 0 Å². The number of hydrogen-bond donors (Lipinski definition) is 1. The third-order valence-electron chi connectivity index (χ3n) is 7.49. The molecule has 0 radical (unpaired) electrons. The number of amides is 2. The molecule has 0 unspecified atom stereocenters. The first-order chi connectivity index (χ1) is 20.0. The SMILES string of the molecule is Cn1cccc(-c2ccc(N(C(=O)NCc3ccccc3)C3CCC(/C=N/c4ccc(C#N)cn4)CC3)cc2)c1=O. The number of aromatic nitrogens is 2. The molecule has 8 nitrogen and oxygen atoms in total. The van der Waals surface area contributed by atoms with Crippen molar-refractivity contribution in [3.8, 4) is 17.2 Å². The van der Waals surface area contributed by atoms with Crippen LogP contribution >= 0.6 is 0 Å². The summed E-state index contributed by atoms with van der Waals surface area (Å²) in [6.45, 7) is 0.438. The van der Waals surface area contributed by atoms with E-state index in [0.29, 0.717) is 23.5 Å². The van der Waals surface area contributed by atoms with Crippen molar-refractivity contribution in [3.63, 3.8) is 0 Å². The summed E-state index contributed by atoms with van der Waals surface area (Å²) in [5.74, 6) is 0.871. The molecular weight excluding hydrogens is 512 g/mol. The van der Waals surface area contributed by atoms with E-state index in [0.717, 1.165) is 42.5 Å². The van der Waals surface area contributed by atoms with Gasteiger partial charge in [0.25, 0.3) is 5.56 Å². The van der Waals surface area contributed by atoms with Gasteiger partial charge in [0, 0.05) is 49.5 Å². The zero-order valence-electron chi connectivity index (χ0n) is 23.0. The van der Waals surface area contributed by atoms with Gasteiger partial charge in [-0.2, -0.15) is 5.26 Å². The second-order valence-electron chi connectivity index (χ2n) is 10.3. The standard InChI is InChI=1S/C33H32N6O2/c1-38-19-5-8-30(32(38)40)27-12-16-29(17-13-27)39(33(41)37-22-24-6-3-2-4-7-24)28-14-9-25(10-15-28)21-35-31-18-11-26(20-34)23-36-31/h2-8,11-13,16-19,21,23,25,28H,9-10,14-15,22H2,1H3,(H,37,41)/b35-21+. The lowest BCUT2D eigenvalue weighted by atomic mass is 9.86. The number of carbonyl (C=O) groups is 1. The van der Waals surface area contributed by atoms with Crippen molar-refractivity contribution in [1.29, 1.82) is 5.26 Å². The molecule has 8 heteroatoms. The minimum absolute atomic E-state index is 0.0268. The minimum Gasteiger partial charge on any atom is -0.334 e. The molecule has 2 aromatic heterocycles. The number of rotatable bonds is 7. The molecule has 1 fully saturated rings. The molecule has 0 spiro atoms. The zero-order valence-corrected chi connectivity index (χ0v) is 23.0. The number of nitrogens with zero attached hydrogens (tertiary/aromatic N) is 5. The van der Waals surface area contributed by atoms with Crippen LogP contribution in [0.2, 0.25) is 0 Å². The van der Waals surface area contributed by atoms with Gasteiger partial charge in [-0.05, 0) is 79.1 Å². The molecule has 0 bridgehead atoms. The summed E-state index contributed by atoms with van der Waals surface area (Å²) >= 11 is 0. The van der Waals surface area contributed by atoms with Gasteiger partial charge in [-0.15, -0.1) is 0 Å². The summed E-state index contributed by atoms with van der Waals surface area (Å²) in [5.41, 5.74) is 3.72. The zero-order chi connectivity index (χ0) is 28.6. The molecule has 0 atom stereocenters. The summed E-state index contributed by atoms with van der Waals surface area (Å²) in [4.78, 5) is 36.9. The summed E-state index contributed by atoms with van der Waals surface area (Å²) in [6, 6.07) is 26.6. The Labute approximate surface area is 239 Å². The average molecular weight is 545 g/mol. The van der Waals surface area contributed by atoms with Crippen molar-refractivity contribution in [2.45, 2.75) is 38.3 Å². The lowest BCUT2D eigenvalue weighted by molar-refractivity contribution is 0.240. The van der Waals surface area contributed by atoms with Crippen molar-refractivity contribution in [1.82, 2.24) is 14.9 Å². The molecule has 1 saturated carbocycles. The Morgan fingerprint density at radius 2 is 1.80 bits per heavy atom. The first-order valence-corrected chi connectivity index (χ1v) is 13.8. The number of nitrogens with one attached hydrogen (secondary N) is 1. The Hall–Kier alpha value is -5.03. The van der Waals surface area contributed by atoms with Crippen LogP contribution in [-0.4, -0.2) is 27.8 Å². The number of nitriles is 1. The second kappa shape index (κ2) is 12.9. The van der Waals surface area contributed by atoms with E-state index in [-0.39, 0.29) is 23.6 Å². The van der Waals surface area contributed by atoms with Crippen LogP contribution in [0.3, 0.4) is 0 Å². The molecule has 5 rings (SSSR count). The Balaban J connectivity index is 1.32. The van der Waals surface area contributed by atoms with Gasteiger partial charge in [-0.25, -0.2) is 14.8 Å². The number of hydrogen-bond acceptors (Lipinski definition) is 5. The summed E-state index contributed by atoms with van der Waals surface area (Å²) in [6.07, 6.45) is 8.65. The lowest BCUT2D eigenvalue weighted by Crippen LogP contribution is -2.47. The largest absolute Gasteiger partial charge is 0.334 e. The summed E-state index contributed by atoms with van der Waals surface area (Å²) in [7, 11) is 1.74. The topological polar surface area (TPSA) is 103 Å². The molecule has 1 N–H and O–H groups in total. The first kappa shape index (κ1) is 27.5. The Morgan fingerprint density at radius 1 is 1.05 bits per heavy atom. The van der Waals surface area contributed by atoms with Crippen molar-refractivity contribution >= 4 is 23.8 Å². The van der Waals surface area contributed by atoms with Crippen molar-refractivity contribution in [2.75, 3.05) is 4.90 Å². The maximum Gasteiger partial charge on any atom is 0.322 e. The van der Waals surface area contributed by atoms with Crippen LogP contribution in [0, 0.1) is 17.2 Å². The van der Waals surface area contributed by atoms with Crippen molar-refractivity contribution < 1.29 is 4.79 Å². The number of aryl methyl sites for hydroxylation is 1. The lowest BCUT2D eigenvalue weighted by Gasteiger charge is -2.36. The molecule has 4 aromatic rings. The third kappa shape index (κ3) is 6.76. The highest BCUT2D eigenvalue weighted by molar-refractivity contribution is 5.93. The predicted molar refractivity (Wildman–Crippen MR) is 161 cm³/mol. The molecular formula is C33H32N6O2. The monoisotopic (exact) mass is 544 g/mol. The number of anilines is 1. The average Bonchev–Trinajstić information content (AvgIpc) is 3.02. The van der Waals surface area contributed by atoms with Crippen LogP contribution < -0.4 is 15.8 Å². The molecule has 2 aromatic carbocycles. The molecule has 1 aliphatic carbocycles. The van der Waals surface area contributed by atoms with E-state index < -0.39 is 0 Å². The van der Waals surface area contributed by atoms with E-state index >= 15 is 0 Å². The Kier molecular flexibility index (Phi) is 8.65. The molecule has 2 amide bonds. The molecule has 1 aliphatic rings. The fraction of sp³-hybridized carbons (Fsp3) is 0.242. The Morgan fingerprint density at radius 3 is 2.49 bits per heavy atom. The minimum atomic E-state index is -0.142. The second-order valence-corrected chi connectivity index (χ2v) is 10.3. The molecule has 206 valence electrons. The van der Waals surface area contributed by atoms with Crippen molar-refractivity contribution in [3.05, 3.63) is 113 Å². The number of benzene rings is 2. The van der Waals surface area contributed by atoms with Crippen LogP contribution in [-0.2, 0) is 13.6 Å². The van der Waals surface area contributed by atoms with Gasteiger partial charge in [0.05, 0.1) is 5.56 Å². The predicted octanol–water partition coefficient (Wildman–Crippen LogP) is 6.00. The van der Waals surface area contributed by atoms with Crippen LogP contribution in [0.4, 0.5) is 16.3 Å². The van der Waals surface area contributed by atoms with Crippen molar-refractivity contribution in [2.24, 2.45) is 18.0 Å². The van der Waals surface area contributed by atoms with E-state index in [2.05, 4.69) is 21.4 Å². The maximum atomic E-state index is 13.6. The third-order valence-corrected chi connectivity index (χ3v) is 7.49. The van der Waals surface area contributed by atoms with E-state index in [1.807, 2.05) is 77.8 Å². The summed E-state index contributed by atoms with van der Waals surface area (Å²) < 4.78 is 1.56. The molecule has 41 heavy (non-hydrogen) atoms. The van der Waals surface area contributed by atoms with Gasteiger partial charge < -0.3 is 9.88 Å². The van der Waals surface area contributed by atoms with Crippen LogP contribution in [0.1, 0.15) is 36.8 Å². The quantitative estimate of drug-likeness (QED) is 0.288. The van der Waals surface area contributed by atoms with Gasteiger partial charge in [0.1, 0.15) is 6.07 Å². The maximum absolute atomic E-state index is 13.6. The number of pyridine rings is 2. The number of urea groups is 1. The van der Waals surface area contributed by atoms with Gasteiger partial charge in [0.2, 0.25) is 0 Å². The van der Waals surface area contributed by atoms with Gasteiger partial charge in [-0.1, -0.05) is 42.5 Å². The van der Waals surface area contributed by atoms with E-state index in [1.165, 1.54) is 6.20 Å². The highest BCUT2D eigenvalue weighted by atomic mass is 16.2. The number of aliphatic imine (C=N–C) groups is 1. The van der Waals surface area contributed by atoms with E-state index in [1.54, 1.807) is 29.9 Å². The van der Waals surface area contributed by atoms with Gasteiger partial charge in [0.15, 0.2) is 5.82 Å². The Bertz CT molecular complexity index is 1600. The van der Waals surface area contributed by atoms with Gasteiger partial charge in [-0.3, -0.25) is 9.69 Å². The highest BCUT2D eigenvalue weighted by Gasteiger charge is 2.29. The first-order valence-electron chi connectivity index (χ1n) is 13.8. The van der Waals surface area contributed by atoms with E-state index in [4.69, 9.17) is 5.26 Å². The van der Waals surface area contributed by atoms with Crippen LogP contribution in [0.25, 0.3) is 11.1 Å².